The smallest absolute Gasteiger partial charge is 0.440 e. The molecule has 0 heterocycles. The molecule has 0 bridgehead atoms. The van der Waals surface area contributed by atoms with Crippen molar-refractivity contribution in [3.8, 4) is 0 Å². The van der Waals surface area contributed by atoms with Gasteiger partial charge >= 0.3 is 7.12 Å². The third-order valence-corrected chi connectivity index (χ3v) is 16.7. The fraction of sp³-hybridized carbons (Fsp3) is 0. The van der Waals surface area contributed by atoms with Crippen LogP contribution in [0.5, 0.6) is 0 Å². The third-order valence-electron chi connectivity index (χ3n) is 8.72. The van der Waals surface area contributed by atoms with Gasteiger partial charge in [0, 0.05) is 0 Å². The molecule has 7 aromatic rings. The predicted molar refractivity (Wildman–Crippen MR) is 202 cm³/mol. The number of rotatable bonds is 11. The molecule has 0 N–H and O–H groups in total. The molecule has 0 aliphatic carbocycles. The summed E-state index contributed by atoms with van der Waals surface area (Å²) in [4.78, 5) is 0. The molecule has 0 atom stereocenters. The molecule has 0 radical (unpaired) electrons. The van der Waals surface area contributed by atoms with Gasteiger partial charge in [-0.2, -0.15) is 0 Å². The minimum atomic E-state index is -3.18. The monoisotopic (exact) mass is 638 g/mol. The first-order valence-electron chi connectivity index (χ1n) is 16.0. The standard InChI is InChI=1S/C42H35BO2Si2/c1-8-22-36(23-9-1)43(44-46(37-24-10-2-11-25-37,38-26-12-3-13-27-38)39-28-14-4-15-29-39)45-47(40-30-16-5-17-31-40,41-32-18-6-19-33-41)42-34-20-7-21-35-42/h1-35H. The zero-order chi connectivity index (χ0) is 31.8. The second-order valence-electron chi connectivity index (χ2n) is 11.5. The lowest BCUT2D eigenvalue weighted by Gasteiger charge is -2.40. The molecule has 0 aliphatic heterocycles. The highest BCUT2D eigenvalue weighted by Gasteiger charge is 2.50. The van der Waals surface area contributed by atoms with E-state index in [1.165, 1.54) is 0 Å². The van der Waals surface area contributed by atoms with Crippen molar-refractivity contribution < 1.29 is 8.69 Å². The van der Waals surface area contributed by atoms with Crippen molar-refractivity contribution in [2.75, 3.05) is 0 Å². The van der Waals surface area contributed by atoms with E-state index >= 15 is 0 Å². The SMILES string of the molecule is c1ccc(B(O[Si](c2ccccc2)(c2ccccc2)c2ccccc2)O[Si](c2ccccc2)(c2ccccc2)c2ccccc2)cc1. The van der Waals surface area contributed by atoms with Crippen LogP contribution in [0.1, 0.15) is 0 Å². The maximum Gasteiger partial charge on any atom is 0.473 e. The summed E-state index contributed by atoms with van der Waals surface area (Å²) in [5.41, 5.74) is 0.979. The molecule has 0 saturated carbocycles. The fourth-order valence-corrected chi connectivity index (χ4v) is 14.4. The molecule has 226 valence electrons. The van der Waals surface area contributed by atoms with Gasteiger partial charge in [0.15, 0.2) is 0 Å². The topological polar surface area (TPSA) is 18.5 Å². The first-order valence-corrected chi connectivity index (χ1v) is 19.9. The molecular weight excluding hydrogens is 603 g/mol. The van der Waals surface area contributed by atoms with E-state index in [-0.39, 0.29) is 0 Å². The Balaban J connectivity index is 1.51. The van der Waals surface area contributed by atoms with Gasteiger partial charge in [-0.1, -0.05) is 212 Å². The third kappa shape index (κ3) is 6.10. The Morgan fingerprint density at radius 3 is 0.660 bits per heavy atom. The van der Waals surface area contributed by atoms with Gasteiger partial charge in [-0.25, -0.2) is 0 Å². The molecule has 0 amide bonds. The van der Waals surface area contributed by atoms with Crippen LogP contribution >= 0.6 is 0 Å². The molecule has 0 unspecified atom stereocenters. The Morgan fingerprint density at radius 2 is 0.447 bits per heavy atom. The van der Waals surface area contributed by atoms with Gasteiger partial charge in [0.05, 0.1) is 0 Å². The number of hydrogen-bond acceptors (Lipinski definition) is 2. The maximum atomic E-state index is 7.85. The van der Waals surface area contributed by atoms with E-state index < -0.39 is 23.8 Å². The normalized spacial score (nSPS) is 11.6. The van der Waals surface area contributed by atoms with E-state index in [4.69, 9.17) is 8.69 Å². The number of benzene rings is 7. The van der Waals surface area contributed by atoms with Crippen molar-refractivity contribution in [2.24, 2.45) is 0 Å². The van der Waals surface area contributed by atoms with Crippen LogP contribution in [-0.4, -0.2) is 23.8 Å². The van der Waals surface area contributed by atoms with Crippen LogP contribution in [-0.2, 0) is 8.69 Å². The zero-order valence-corrected chi connectivity index (χ0v) is 28.1. The summed E-state index contributed by atoms with van der Waals surface area (Å²) in [6.45, 7) is 0. The van der Waals surface area contributed by atoms with Crippen LogP contribution < -0.4 is 36.6 Å². The Morgan fingerprint density at radius 1 is 0.255 bits per heavy atom. The summed E-state index contributed by atoms with van der Waals surface area (Å²) >= 11 is 0. The first kappa shape index (κ1) is 30.6. The number of hydrogen-bond donors (Lipinski definition) is 0. The minimum absolute atomic E-state index is 0.698. The van der Waals surface area contributed by atoms with Gasteiger partial charge in [-0.3, -0.25) is 0 Å². The quantitative estimate of drug-likeness (QED) is 0.151. The van der Waals surface area contributed by atoms with E-state index in [9.17, 15) is 0 Å². The molecule has 0 aliphatic rings. The van der Waals surface area contributed by atoms with Gasteiger partial charge in [0.25, 0.3) is 16.6 Å². The van der Waals surface area contributed by atoms with E-state index in [2.05, 4.69) is 206 Å². The van der Waals surface area contributed by atoms with Crippen LogP contribution in [0, 0.1) is 0 Å². The largest absolute Gasteiger partial charge is 0.473 e. The summed E-state index contributed by atoms with van der Waals surface area (Å²) in [7, 11) is -7.05. The van der Waals surface area contributed by atoms with Gasteiger partial charge in [-0.05, 0) is 36.6 Å². The minimum Gasteiger partial charge on any atom is -0.440 e. The molecule has 2 nitrogen and oxygen atoms in total. The summed E-state index contributed by atoms with van der Waals surface area (Å²) in [6, 6.07) is 74.8. The lowest BCUT2D eigenvalue weighted by Crippen LogP contribution is -2.76. The summed E-state index contributed by atoms with van der Waals surface area (Å²) in [6.07, 6.45) is 0. The molecule has 7 aromatic carbocycles. The molecule has 0 saturated heterocycles. The van der Waals surface area contributed by atoms with Crippen molar-refractivity contribution in [3.63, 3.8) is 0 Å². The van der Waals surface area contributed by atoms with Crippen LogP contribution in [0.2, 0.25) is 0 Å². The summed E-state index contributed by atoms with van der Waals surface area (Å²) in [5, 5.41) is 6.96. The van der Waals surface area contributed by atoms with E-state index in [0.717, 1.165) is 36.6 Å². The van der Waals surface area contributed by atoms with Crippen molar-refractivity contribution in [3.05, 3.63) is 212 Å². The van der Waals surface area contributed by atoms with Crippen LogP contribution in [0.4, 0.5) is 0 Å². The Hall–Kier alpha value is -5.04. The van der Waals surface area contributed by atoms with E-state index in [0.29, 0.717) is 0 Å². The van der Waals surface area contributed by atoms with Gasteiger partial charge in [0.2, 0.25) is 0 Å². The van der Waals surface area contributed by atoms with Crippen molar-refractivity contribution in [1.29, 1.82) is 0 Å². The molecule has 0 aromatic heterocycles. The average molecular weight is 639 g/mol. The average Bonchev–Trinajstić information content (AvgIpc) is 3.18. The Labute approximate surface area is 280 Å². The van der Waals surface area contributed by atoms with Gasteiger partial charge in [-0.15, -0.1) is 0 Å². The van der Waals surface area contributed by atoms with Crippen molar-refractivity contribution >= 4 is 60.3 Å². The summed E-state index contributed by atoms with van der Waals surface area (Å²) in [5.74, 6) is 0. The first-order chi connectivity index (χ1) is 23.3. The summed E-state index contributed by atoms with van der Waals surface area (Å²) < 4.78 is 15.7. The van der Waals surface area contributed by atoms with Gasteiger partial charge < -0.3 is 8.69 Å². The fourth-order valence-electron chi connectivity index (χ4n) is 6.54. The lowest BCUT2D eigenvalue weighted by atomic mass is 9.80. The zero-order valence-electron chi connectivity index (χ0n) is 26.1. The van der Waals surface area contributed by atoms with Gasteiger partial charge in [0.1, 0.15) is 0 Å². The maximum absolute atomic E-state index is 7.85. The molecule has 0 spiro atoms. The van der Waals surface area contributed by atoms with Crippen LogP contribution in [0.25, 0.3) is 0 Å². The predicted octanol–water partition coefficient (Wildman–Crippen LogP) is 4.75. The highest BCUT2D eigenvalue weighted by molar-refractivity contribution is 7.13. The van der Waals surface area contributed by atoms with Crippen molar-refractivity contribution in [1.82, 2.24) is 0 Å². The molecular formula is C42H35BO2Si2. The molecule has 7 rings (SSSR count). The van der Waals surface area contributed by atoms with Crippen molar-refractivity contribution in [2.45, 2.75) is 0 Å². The van der Waals surface area contributed by atoms with Crippen LogP contribution in [0.15, 0.2) is 212 Å². The Kier molecular flexibility index (Phi) is 9.22. The second kappa shape index (κ2) is 14.2. The van der Waals surface area contributed by atoms with Crippen LogP contribution in [0.3, 0.4) is 0 Å². The van der Waals surface area contributed by atoms with E-state index in [1.807, 2.05) is 6.07 Å². The molecule has 0 fully saturated rings. The lowest BCUT2D eigenvalue weighted by molar-refractivity contribution is 0.453. The second-order valence-corrected chi connectivity index (χ2v) is 18.2. The highest BCUT2D eigenvalue weighted by atomic mass is 28.4. The Bertz CT molecular complexity index is 1640. The highest BCUT2D eigenvalue weighted by Crippen LogP contribution is 2.17. The molecule has 47 heavy (non-hydrogen) atoms. The van der Waals surface area contributed by atoms with E-state index in [1.54, 1.807) is 0 Å². The molecule has 5 heteroatoms.